The summed E-state index contributed by atoms with van der Waals surface area (Å²) >= 11 is 6.07. The number of aromatic nitrogens is 1. The van der Waals surface area contributed by atoms with Gasteiger partial charge in [-0.1, -0.05) is 29.8 Å². The third kappa shape index (κ3) is 3.55. The summed E-state index contributed by atoms with van der Waals surface area (Å²) in [7, 11) is 0. The van der Waals surface area contributed by atoms with Gasteiger partial charge in [-0.15, -0.1) is 0 Å². The number of carbonyl (C=O) groups excluding carboxylic acids is 1. The van der Waals surface area contributed by atoms with Gasteiger partial charge in [0.05, 0.1) is 17.8 Å². The third-order valence-corrected chi connectivity index (χ3v) is 4.10. The Morgan fingerprint density at radius 1 is 1.27 bits per heavy atom. The van der Waals surface area contributed by atoms with E-state index in [1.54, 1.807) is 43.3 Å². The maximum Gasteiger partial charge on any atom is 0.345 e. The quantitative estimate of drug-likeness (QED) is 0.659. The molecule has 1 heterocycles. The van der Waals surface area contributed by atoms with Crippen molar-refractivity contribution in [3.63, 3.8) is 0 Å². The van der Waals surface area contributed by atoms with Crippen LogP contribution >= 0.6 is 11.6 Å². The maximum absolute atomic E-state index is 13.9. The van der Waals surface area contributed by atoms with Crippen molar-refractivity contribution in [3.05, 3.63) is 74.8 Å². The molecule has 0 amide bonds. The maximum atomic E-state index is 13.9. The molecular formula is C19H16ClFN2O3. The molecule has 0 aliphatic rings. The molecule has 5 nitrogen and oxygen atoms in total. The van der Waals surface area contributed by atoms with E-state index < -0.39 is 11.5 Å². The smallest absolute Gasteiger partial charge is 0.345 e. The Morgan fingerprint density at radius 2 is 2.04 bits per heavy atom. The average molecular weight is 375 g/mol. The molecular weight excluding hydrogens is 359 g/mol. The summed E-state index contributed by atoms with van der Waals surface area (Å²) < 4.78 is 18.9. The van der Waals surface area contributed by atoms with Crippen LogP contribution in [0.5, 0.6) is 0 Å². The molecule has 0 aliphatic heterocycles. The molecule has 7 heteroatoms. The van der Waals surface area contributed by atoms with Gasteiger partial charge in [0.1, 0.15) is 11.4 Å². The number of benzene rings is 2. The number of ether oxygens (including phenoxy) is 1. The van der Waals surface area contributed by atoms with Crippen LogP contribution in [0.4, 0.5) is 10.1 Å². The van der Waals surface area contributed by atoms with Gasteiger partial charge in [0.15, 0.2) is 0 Å². The van der Waals surface area contributed by atoms with E-state index in [1.165, 1.54) is 6.07 Å². The largest absolute Gasteiger partial charge is 0.462 e. The summed E-state index contributed by atoms with van der Waals surface area (Å²) in [5, 5.41) is 3.98. The lowest BCUT2D eigenvalue weighted by molar-refractivity contribution is 0.0525. The summed E-state index contributed by atoms with van der Waals surface area (Å²) in [5.41, 5.74) is 0.404. The van der Waals surface area contributed by atoms with Crippen molar-refractivity contribution in [1.29, 1.82) is 0 Å². The van der Waals surface area contributed by atoms with Crippen LogP contribution < -0.4 is 10.9 Å². The summed E-state index contributed by atoms with van der Waals surface area (Å²) in [6, 6.07) is 11.2. The minimum absolute atomic E-state index is 0.0874. The van der Waals surface area contributed by atoms with Gasteiger partial charge in [-0.2, -0.15) is 0 Å². The highest BCUT2D eigenvalue weighted by molar-refractivity contribution is 6.31. The summed E-state index contributed by atoms with van der Waals surface area (Å²) in [4.78, 5) is 27.4. The number of rotatable bonds is 5. The Bertz CT molecular complexity index is 1030. The molecule has 134 valence electrons. The van der Waals surface area contributed by atoms with Gasteiger partial charge in [0.25, 0.3) is 5.56 Å². The molecule has 1 aromatic heterocycles. The highest BCUT2D eigenvalue weighted by Crippen LogP contribution is 2.28. The zero-order valence-electron chi connectivity index (χ0n) is 13.9. The Kier molecular flexibility index (Phi) is 5.23. The van der Waals surface area contributed by atoms with Crippen molar-refractivity contribution < 1.29 is 13.9 Å². The fourth-order valence-electron chi connectivity index (χ4n) is 2.67. The van der Waals surface area contributed by atoms with Gasteiger partial charge in [-0.25, -0.2) is 9.18 Å². The number of esters is 1. The van der Waals surface area contributed by atoms with Crippen LogP contribution in [0.1, 0.15) is 22.8 Å². The number of halogens is 2. The van der Waals surface area contributed by atoms with E-state index in [0.29, 0.717) is 21.5 Å². The van der Waals surface area contributed by atoms with Crippen LogP contribution in [-0.2, 0) is 11.3 Å². The van der Waals surface area contributed by atoms with E-state index in [4.69, 9.17) is 16.3 Å². The molecule has 0 unspecified atom stereocenters. The van der Waals surface area contributed by atoms with Gasteiger partial charge >= 0.3 is 5.97 Å². The second kappa shape index (κ2) is 7.58. The Hall–Kier alpha value is -2.86. The zero-order valence-corrected chi connectivity index (χ0v) is 14.7. The fraction of sp³-hybridized carbons (Fsp3) is 0.158. The summed E-state index contributed by atoms with van der Waals surface area (Å²) in [6.45, 7) is 1.86. The van der Waals surface area contributed by atoms with E-state index in [2.05, 4.69) is 10.3 Å². The molecule has 0 fully saturated rings. The molecule has 0 atom stereocenters. The van der Waals surface area contributed by atoms with Gasteiger partial charge < -0.3 is 15.0 Å². The Morgan fingerprint density at radius 3 is 2.77 bits per heavy atom. The summed E-state index contributed by atoms with van der Waals surface area (Å²) in [5.74, 6) is -1.14. The van der Waals surface area contributed by atoms with Crippen LogP contribution in [0.2, 0.25) is 5.02 Å². The van der Waals surface area contributed by atoms with Crippen LogP contribution in [0.25, 0.3) is 10.9 Å². The topological polar surface area (TPSA) is 71.2 Å². The summed E-state index contributed by atoms with van der Waals surface area (Å²) in [6.07, 6.45) is 0. The first-order valence-electron chi connectivity index (χ1n) is 8.01. The number of hydrogen-bond donors (Lipinski definition) is 2. The highest BCUT2D eigenvalue weighted by Gasteiger charge is 2.21. The van der Waals surface area contributed by atoms with Crippen LogP contribution in [-0.4, -0.2) is 17.6 Å². The number of hydrogen-bond acceptors (Lipinski definition) is 4. The first-order valence-corrected chi connectivity index (χ1v) is 8.39. The van der Waals surface area contributed by atoms with Crippen molar-refractivity contribution in [1.82, 2.24) is 4.98 Å². The highest BCUT2D eigenvalue weighted by atomic mass is 35.5. The molecule has 0 spiro atoms. The third-order valence-electron chi connectivity index (χ3n) is 3.87. The molecule has 0 radical (unpaired) electrons. The van der Waals surface area contributed by atoms with E-state index in [0.717, 1.165) is 0 Å². The number of pyridine rings is 1. The standard InChI is InChI=1S/C19H16ClFN2O3/c1-2-26-19(25)16-17(22-10-11-5-3-4-6-14(11)21)13-9-12(20)7-8-15(13)23-18(16)24/h3-9H,2,10H2,1H3,(H2,22,23,24). The fourth-order valence-corrected chi connectivity index (χ4v) is 2.84. The van der Waals surface area contributed by atoms with Gasteiger partial charge in [0, 0.05) is 22.5 Å². The van der Waals surface area contributed by atoms with Crippen molar-refractivity contribution in [2.24, 2.45) is 0 Å². The van der Waals surface area contributed by atoms with Crippen molar-refractivity contribution in [3.8, 4) is 0 Å². The van der Waals surface area contributed by atoms with Gasteiger partial charge in [-0.05, 0) is 31.2 Å². The predicted octanol–water partition coefficient (Wildman–Crippen LogP) is 4.11. The number of aromatic amines is 1. The predicted molar refractivity (Wildman–Crippen MR) is 99.3 cm³/mol. The first-order chi connectivity index (χ1) is 12.5. The monoisotopic (exact) mass is 374 g/mol. The molecule has 2 N–H and O–H groups in total. The molecule has 2 aromatic carbocycles. The minimum Gasteiger partial charge on any atom is -0.462 e. The Balaban J connectivity index is 2.14. The number of anilines is 1. The molecule has 0 bridgehead atoms. The molecule has 3 aromatic rings. The van der Waals surface area contributed by atoms with Gasteiger partial charge in [-0.3, -0.25) is 4.79 Å². The second-order valence-corrected chi connectivity index (χ2v) is 6.00. The van der Waals surface area contributed by atoms with Crippen molar-refractivity contribution in [2.45, 2.75) is 13.5 Å². The van der Waals surface area contributed by atoms with Crippen LogP contribution in [0.3, 0.4) is 0 Å². The van der Waals surface area contributed by atoms with Crippen molar-refractivity contribution >= 4 is 34.2 Å². The number of carbonyl (C=O) groups is 1. The lowest BCUT2D eigenvalue weighted by Crippen LogP contribution is -2.23. The first kappa shape index (κ1) is 17.9. The molecule has 3 rings (SSSR count). The van der Waals surface area contributed by atoms with Crippen molar-refractivity contribution in [2.75, 3.05) is 11.9 Å². The van der Waals surface area contributed by atoms with Crippen LogP contribution in [0, 0.1) is 5.82 Å². The molecule has 0 saturated carbocycles. The number of nitrogens with one attached hydrogen (secondary N) is 2. The molecule has 26 heavy (non-hydrogen) atoms. The number of fused-ring (bicyclic) bond motifs is 1. The van der Waals surface area contributed by atoms with Gasteiger partial charge in [0.2, 0.25) is 0 Å². The van der Waals surface area contributed by atoms with E-state index in [9.17, 15) is 14.0 Å². The molecule has 0 aliphatic carbocycles. The number of H-pyrrole nitrogens is 1. The minimum atomic E-state index is -0.758. The zero-order chi connectivity index (χ0) is 18.7. The lowest BCUT2D eigenvalue weighted by atomic mass is 10.1. The van der Waals surface area contributed by atoms with E-state index in [-0.39, 0.29) is 30.2 Å². The SMILES string of the molecule is CCOC(=O)c1c(NCc2ccccc2F)c2cc(Cl)ccc2[nH]c1=O. The molecule has 0 saturated heterocycles. The van der Waals surface area contributed by atoms with E-state index in [1.807, 2.05) is 0 Å². The van der Waals surface area contributed by atoms with Crippen LogP contribution in [0.15, 0.2) is 47.3 Å². The normalized spacial score (nSPS) is 10.7. The second-order valence-electron chi connectivity index (χ2n) is 5.56. The average Bonchev–Trinajstić information content (AvgIpc) is 2.61. The lowest BCUT2D eigenvalue weighted by Gasteiger charge is -2.14. The van der Waals surface area contributed by atoms with E-state index >= 15 is 0 Å². The Labute approximate surface area is 153 Å².